The summed E-state index contributed by atoms with van der Waals surface area (Å²) in [5.74, 6) is 0.121. The molecule has 0 amide bonds. The van der Waals surface area contributed by atoms with Gasteiger partial charge in [-0.1, -0.05) is 0 Å². The van der Waals surface area contributed by atoms with Crippen molar-refractivity contribution in [2.45, 2.75) is 11.8 Å². The molecule has 3 N–H and O–H groups in total. The van der Waals surface area contributed by atoms with Crippen LogP contribution < -0.4 is 15.2 Å². The Labute approximate surface area is 93.5 Å². The molecule has 0 unspecified atom stereocenters. The maximum atomic E-state index is 12.1. The van der Waals surface area contributed by atoms with Crippen molar-refractivity contribution in [3.63, 3.8) is 0 Å². The fourth-order valence-corrected chi connectivity index (χ4v) is 1.72. The van der Waals surface area contributed by atoms with E-state index in [1.54, 1.807) is 0 Å². The first-order valence-corrected chi connectivity index (χ1v) is 6.13. The van der Waals surface area contributed by atoms with Crippen molar-refractivity contribution in [3.8, 4) is 5.75 Å². The van der Waals surface area contributed by atoms with Gasteiger partial charge in [-0.3, -0.25) is 0 Å². The molecule has 0 aromatic heterocycles. The minimum Gasteiger partial charge on any atom is -0.461 e. The normalized spacial score (nSPS) is 11.2. The minimum atomic E-state index is -3.81. The number of benzene rings is 1. The van der Waals surface area contributed by atoms with Crippen molar-refractivity contribution in [1.29, 1.82) is 0 Å². The topological polar surface area (TPSA) is 81.4 Å². The molecule has 90 valence electrons. The molecule has 0 aliphatic rings. The fraction of sp³-hybridized carbons (Fsp3) is 0.333. The van der Waals surface area contributed by atoms with Crippen LogP contribution in [0, 0.1) is 0 Å². The van der Waals surface area contributed by atoms with Crippen LogP contribution in [-0.4, -0.2) is 21.8 Å². The largest absolute Gasteiger partial charge is 0.461 e. The number of nitrogens with two attached hydrogens (primary N) is 1. The third-order valence-corrected chi connectivity index (χ3v) is 2.77. The molecule has 1 aromatic rings. The van der Waals surface area contributed by atoms with E-state index in [1.807, 2.05) is 6.92 Å². The monoisotopic (exact) mass is 248 g/mol. The zero-order chi connectivity index (χ0) is 12.2. The summed E-state index contributed by atoms with van der Waals surface area (Å²) < 4.78 is 38.9. The number of primary sulfonamides is 1. The third-order valence-electron chi connectivity index (χ3n) is 1.86. The van der Waals surface area contributed by atoms with Crippen LogP contribution in [0.15, 0.2) is 23.1 Å². The van der Waals surface area contributed by atoms with Gasteiger partial charge in [0, 0.05) is 12.6 Å². The van der Waals surface area contributed by atoms with Crippen LogP contribution in [0.25, 0.3) is 0 Å². The summed E-state index contributed by atoms with van der Waals surface area (Å²) >= 11 is 0. The van der Waals surface area contributed by atoms with Gasteiger partial charge in [0.25, 0.3) is 0 Å². The van der Waals surface area contributed by atoms with Crippen LogP contribution in [0.1, 0.15) is 6.92 Å². The van der Waals surface area contributed by atoms with Crippen LogP contribution in [0.3, 0.4) is 0 Å². The highest BCUT2D eigenvalue weighted by Gasteiger charge is 2.12. The molecule has 16 heavy (non-hydrogen) atoms. The quantitative estimate of drug-likeness (QED) is 0.816. The zero-order valence-electron chi connectivity index (χ0n) is 8.73. The van der Waals surface area contributed by atoms with Crippen LogP contribution in [0.4, 0.5) is 10.1 Å². The maximum Gasteiger partial charge on any atom is 0.238 e. The molecule has 1 rings (SSSR count). The summed E-state index contributed by atoms with van der Waals surface area (Å²) in [7, 11) is -3.81. The smallest absolute Gasteiger partial charge is 0.238 e. The Morgan fingerprint density at radius 3 is 2.69 bits per heavy atom. The lowest BCUT2D eigenvalue weighted by Gasteiger charge is -2.11. The highest BCUT2D eigenvalue weighted by atomic mass is 32.2. The first-order chi connectivity index (χ1) is 7.49. The SMILES string of the molecule is CCNc1ccc(S(N)(=O)=O)cc1OCF. The first kappa shape index (κ1) is 12.7. The number of ether oxygens (including phenoxy) is 1. The number of nitrogens with one attached hydrogen (secondary N) is 1. The number of sulfonamides is 1. The fourth-order valence-electron chi connectivity index (χ4n) is 1.19. The van der Waals surface area contributed by atoms with E-state index >= 15 is 0 Å². The number of alkyl halides is 1. The maximum absolute atomic E-state index is 12.1. The Bertz CT molecular complexity index is 462. The van der Waals surface area contributed by atoms with Crippen molar-refractivity contribution in [3.05, 3.63) is 18.2 Å². The van der Waals surface area contributed by atoms with Crippen LogP contribution >= 0.6 is 0 Å². The molecule has 0 saturated heterocycles. The Hall–Kier alpha value is -1.34. The van der Waals surface area contributed by atoms with Crippen LogP contribution in [0.2, 0.25) is 0 Å². The molecule has 0 bridgehead atoms. The van der Waals surface area contributed by atoms with E-state index in [9.17, 15) is 12.8 Å². The summed E-state index contributed by atoms with van der Waals surface area (Å²) in [4.78, 5) is -0.113. The van der Waals surface area contributed by atoms with Gasteiger partial charge in [0.2, 0.25) is 16.9 Å². The van der Waals surface area contributed by atoms with E-state index in [2.05, 4.69) is 10.1 Å². The standard InChI is InChI=1S/C9H13FN2O3S/c1-2-12-8-4-3-7(16(11,13)14)5-9(8)15-6-10/h3-5,12H,2,6H2,1H3,(H2,11,13,14). The van der Waals surface area contributed by atoms with Crippen molar-refractivity contribution in [2.24, 2.45) is 5.14 Å². The van der Waals surface area contributed by atoms with Crippen molar-refractivity contribution >= 4 is 15.7 Å². The number of hydrogen-bond acceptors (Lipinski definition) is 4. The van der Waals surface area contributed by atoms with Gasteiger partial charge < -0.3 is 10.1 Å². The van der Waals surface area contributed by atoms with Gasteiger partial charge in [-0.25, -0.2) is 17.9 Å². The number of anilines is 1. The molecular weight excluding hydrogens is 235 g/mol. The molecular formula is C9H13FN2O3S. The molecule has 0 aliphatic carbocycles. The molecule has 1 aromatic carbocycles. The molecule has 0 spiro atoms. The predicted octanol–water partition coefficient (Wildman–Crippen LogP) is 1.07. The highest BCUT2D eigenvalue weighted by Crippen LogP contribution is 2.27. The summed E-state index contributed by atoms with van der Waals surface area (Å²) in [6.07, 6.45) is 0. The van der Waals surface area contributed by atoms with E-state index in [0.717, 1.165) is 0 Å². The molecule has 7 heteroatoms. The average Bonchev–Trinajstić information content (AvgIpc) is 2.19. The Morgan fingerprint density at radius 1 is 1.50 bits per heavy atom. The predicted molar refractivity (Wildman–Crippen MR) is 58.6 cm³/mol. The molecule has 0 fully saturated rings. The van der Waals surface area contributed by atoms with Crippen molar-refractivity contribution < 1.29 is 17.5 Å². The number of hydrogen-bond donors (Lipinski definition) is 2. The summed E-state index contributed by atoms with van der Waals surface area (Å²) in [6, 6.07) is 4.00. The average molecular weight is 248 g/mol. The molecule has 0 atom stereocenters. The van der Waals surface area contributed by atoms with Crippen molar-refractivity contribution in [1.82, 2.24) is 0 Å². The Balaban J connectivity index is 3.17. The zero-order valence-corrected chi connectivity index (χ0v) is 9.55. The summed E-state index contributed by atoms with van der Waals surface area (Å²) in [5, 5.41) is 7.86. The first-order valence-electron chi connectivity index (χ1n) is 4.58. The second-order valence-corrected chi connectivity index (χ2v) is 4.55. The number of halogens is 1. The van der Waals surface area contributed by atoms with Gasteiger partial charge in [-0.2, -0.15) is 0 Å². The third kappa shape index (κ3) is 3.07. The van der Waals surface area contributed by atoms with Crippen LogP contribution in [-0.2, 0) is 10.0 Å². The van der Waals surface area contributed by atoms with Gasteiger partial charge in [0.05, 0.1) is 10.6 Å². The van der Waals surface area contributed by atoms with Gasteiger partial charge in [-0.15, -0.1) is 0 Å². The Kier molecular flexibility index (Phi) is 4.08. The van der Waals surface area contributed by atoms with E-state index in [1.165, 1.54) is 18.2 Å². The lowest BCUT2D eigenvalue weighted by Crippen LogP contribution is -2.12. The van der Waals surface area contributed by atoms with Gasteiger partial charge in [0.1, 0.15) is 5.75 Å². The Morgan fingerprint density at radius 2 is 2.19 bits per heavy atom. The molecule has 5 nitrogen and oxygen atoms in total. The minimum absolute atomic E-state index is 0.113. The molecule has 0 saturated carbocycles. The van der Waals surface area contributed by atoms with Gasteiger partial charge >= 0.3 is 0 Å². The molecule has 0 aliphatic heterocycles. The molecule has 0 radical (unpaired) electrons. The van der Waals surface area contributed by atoms with Crippen LogP contribution in [0.5, 0.6) is 5.75 Å². The highest BCUT2D eigenvalue weighted by molar-refractivity contribution is 7.89. The van der Waals surface area contributed by atoms with E-state index < -0.39 is 16.9 Å². The van der Waals surface area contributed by atoms with Crippen molar-refractivity contribution in [2.75, 3.05) is 18.7 Å². The van der Waals surface area contributed by atoms with E-state index in [-0.39, 0.29) is 10.6 Å². The summed E-state index contributed by atoms with van der Waals surface area (Å²) in [5.41, 5.74) is 0.521. The summed E-state index contributed by atoms with van der Waals surface area (Å²) in [6.45, 7) is 1.43. The van der Waals surface area contributed by atoms with E-state index in [0.29, 0.717) is 12.2 Å². The van der Waals surface area contributed by atoms with E-state index in [4.69, 9.17) is 5.14 Å². The molecule has 0 heterocycles. The second-order valence-electron chi connectivity index (χ2n) is 2.99. The lowest BCUT2D eigenvalue weighted by atomic mass is 10.3. The van der Waals surface area contributed by atoms with Gasteiger partial charge in [-0.05, 0) is 19.1 Å². The number of rotatable bonds is 5. The van der Waals surface area contributed by atoms with Gasteiger partial charge in [0.15, 0.2) is 0 Å². The lowest BCUT2D eigenvalue weighted by molar-refractivity contribution is 0.192. The second kappa shape index (κ2) is 5.13.